The molecular formula is C16H20ClN3O4. The fourth-order valence-electron chi connectivity index (χ4n) is 2.78. The Labute approximate surface area is 144 Å². The predicted molar refractivity (Wildman–Crippen MR) is 88.3 cm³/mol. The summed E-state index contributed by atoms with van der Waals surface area (Å²) >= 11 is 5.80. The van der Waals surface area contributed by atoms with Gasteiger partial charge in [-0.1, -0.05) is 23.7 Å². The Kier molecular flexibility index (Phi) is 6.16. The largest absolute Gasteiger partial charge is 0.479 e. The number of hydrogen-bond donors (Lipinski definition) is 3. The molecule has 1 heterocycles. The van der Waals surface area contributed by atoms with Gasteiger partial charge in [0.05, 0.1) is 6.54 Å². The number of hydrogen-bond acceptors (Lipinski definition) is 4. The molecule has 24 heavy (non-hydrogen) atoms. The van der Waals surface area contributed by atoms with Gasteiger partial charge in [-0.15, -0.1) is 0 Å². The molecule has 1 aliphatic heterocycles. The molecule has 1 saturated heterocycles. The summed E-state index contributed by atoms with van der Waals surface area (Å²) in [6, 6.07) is 5.22. The summed E-state index contributed by atoms with van der Waals surface area (Å²) < 4.78 is 0. The molecule has 8 heteroatoms. The smallest absolute Gasteiger partial charge is 0.330 e. The number of carboxylic acid groups (broad SMARTS) is 1. The van der Waals surface area contributed by atoms with Gasteiger partial charge in [-0.05, 0) is 43.6 Å². The minimum absolute atomic E-state index is 0.177. The second kappa shape index (κ2) is 8.12. The summed E-state index contributed by atoms with van der Waals surface area (Å²) in [5, 5.41) is 12.5. The molecule has 0 aliphatic carbocycles. The lowest BCUT2D eigenvalue weighted by Gasteiger charge is -2.30. The van der Waals surface area contributed by atoms with Gasteiger partial charge < -0.3 is 16.2 Å². The number of halogens is 1. The maximum atomic E-state index is 12.4. The summed E-state index contributed by atoms with van der Waals surface area (Å²) in [6.07, 6.45) is 1.12. The molecule has 1 atom stereocenters. The van der Waals surface area contributed by atoms with Crippen LogP contribution < -0.4 is 11.1 Å². The van der Waals surface area contributed by atoms with Crippen LogP contribution in [0.1, 0.15) is 24.4 Å². The van der Waals surface area contributed by atoms with Gasteiger partial charge in [-0.2, -0.15) is 0 Å². The van der Waals surface area contributed by atoms with Crippen LogP contribution in [0, 0.1) is 5.92 Å². The number of nitrogens with two attached hydrogens (primary N) is 1. The lowest BCUT2D eigenvalue weighted by Crippen LogP contribution is -2.45. The number of piperidine rings is 1. The standard InChI is InChI=1S/C16H20ClN3O4/c17-12-3-1-10(2-4-12)14(16(23)24)19-15(22)11-5-7-20(8-6-11)9-13(18)21/h1-4,11,14H,5-9H2,(H2,18,21)(H,19,22)(H,23,24). The van der Waals surface area contributed by atoms with Crippen LogP contribution in [0.4, 0.5) is 0 Å². The molecule has 1 aliphatic rings. The lowest BCUT2D eigenvalue weighted by atomic mass is 9.95. The van der Waals surface area contributed by atoms with Crippen molar-refractivity contribution in [3.05, 3.63) is 34.9 Å². The van der Waals surface area contributed by atoms with Crippen molar-refractivity contribution in [1.82, 2.24) is 10.2 Å². The number of carboxylic acids is 1. The average Bonchev–Trinajstić information content (AvgIpc) is 2.53. The molecule has 0 spiro atoms. The maximum absolute atomic E-state index is 12.4. The third kappa shape index (κ3) is 4.94. The Morgan fingerprint density at radius 3 is 2.33 bits per heavy atom. The summed E-state index contributed by atoms with van der Waals surface area (Å²) in [7, 11) is 0. The average molecular weight is 354 g/mol. The van der Waals surface area contributed by atoms with Crippen LogP contribution in [-0.4, -0.2) is 47.4 Å². The van der Waals surface area contributed by atoms with Crippen LogP contribution >= 0.6 is 11.6 Å². The van der Waals surface area contributed by atoms with E-state index < -0.39 is 17.9 Å². The zero-order chi connectivity index (χ0) is 17.7. The molecule has 0 radical (unpaired) electrons. The maximum Gasteiger partial charge on any atom is 0.330 e. The van der Waals surface area contributed by atoms with Gasteiger partial charge in [-0.3, -0.25) is 14.5 Å². The van der Waals surface area contributed by atoms with E-state index in [4.69, 9.17) is 17.3 Å². The third-order valence-corrected chi connectivity index (χ3v) is 4.33. The van der Waals surface area contributed by atoms with Crippen molar-refractivity contribution < 1.29 is 19.5 Å². The quantitative estimate of drug-likeness (QED) is 0.699. The van der Waals surface area contributed by atoms with Gasteiger partial charge in [0, 0.05) is 10.9 Å². The van der Waals surface area contributed by atoms with Gasteiger partial charge in [0.15, 0.2) is 6.04 Å². The lowest BCUT2D eigenvalue weighted by molar-refractivity contribution is -0.143. The van der Waals surface area contributed by atoms with Crippen molar-refractivity contribution in [3.8, 4) is 0 Å². The van der Waals surface area contributed by atoms with Crippen LogP contribution in [0.3, 0.4) is 0 Å². The highest BCUT2D eigenvalue weighted by Crippen LogP contribution is 2.21. The van der Waals surface area contributed by atoms with Crippen molar-refractivity contribution in [2.24, 2.45) is 11.7 Å². The normalized spacial score (nSPS) is 17.2. The number of likely N-dealkylation sites (tertiary alicyclic amines) is 1. The number of aliphatic carboxylic acids is 1. The number of nitrogens with one attached hydrogen (secondary N) is 1. The van der Waals surface area contributed by atoms with E-state index in [2.05, 4.69) is 5.32 Å². The van der Waals surface area contributed by atoms with E-state index in [0.717, 1.165) is 0 Å². The Morgan fingerprint density at radius 2 is 1.83 bits per heavy atom. The van der Waals surface area contributed by atoms with E-state index in [1.807, 2.05) is 4.90 Å². The summed E-state index contributed by atoms with van der Waals surface area (Å²) in [6.45, 7) is 1.34. The number of amides is 2. The summed E-state index contributed by atoms with van der Waals surface area (Å²) in [4.78, 5) is 36.6. The molecule has 1 aromatic carbocycles. The first-order valence-electron chi connectivity index (χ1n) is 7.66. The van der Waals surface area contributed by atoms with Crippen molar-refractivity contribution >= 4 is 29.4 Å². The molecule has 1 aromatic rings. The molecule has 2 rings (SSSR count). The first-order chi connectivity index (χ1) is 11.4. The van der Waals surface area contributed by atoms with E-state index in [0.29, 0.717) is 36.5 Å². The Balaban J connectivity index is 1.95. The van der Waals surface area contributed by atoms with Crippen LogP contribution in [0.5, 0.6) is 0 Å². The number of primary amides is 1. The topological polar surface area (TPSA) is 113 Å². The first kappa shape index (κ1) is 18.2. The minimum atomic E-state index is -1.13. The monoisotopic (exact) mass is 353 g/mol. The van der Waals surface area contributed by atoms with E-state index in [-0.39, 0.29) is 18.4 Å². The molecule has 1 unspecified atom stereocenters. The fourth-order valence-corrected chi connectivity index (χ4v) is 2.90. The van der Waals surface area contributed by atoms with Gasteiger partial charge in [0.1, 0.15) is 0 Å². The zero-order valence-electron chi connectivity index (χ0n) is 13.1. The molecule has 0 bridgehead atoms. The van der Waals surface area contributed by atoms with E-state index in [9.17, 15) is 19.5 Å². The molecule has 0 aromatic heterocycles. The molecule has 7 nitrogen and oxygen atoms in total. The van der Waals surface area contributed by atoms with Crippen LogP contribution in [0.25, 0.3) is 0 Å². The van der Waals surface area contributed by atoms with Crippen molar-refractivity contribution in [2.75, 3.05) is 19.6 Å². The summed E-state index contributed by atoms with van der Waals surface area (Å²) in [5.41, 5.74) is 5.62. The van der Waals surface area contributed by atoms with Gasteiger partial charge in [0.2, 0.25) is 11.8 Å². The van der Waals surface area contributed by atoms with Crippen LogP contribution in [0.15, 0.2) is 24.3 Å². The Bertz CT molecular complexity index is 612. The molecular weight excluding hydrogens is 334 g/mol. The Hall–Kier alpha value is -2.12. The zero-order valence-corrected chi connectivity index (χ0v) is 13.8. The van der Waals surface area contributed by atoms with Crippen LogP contribution in [0.2, 0.25) is 5.02 Å². The van der Waals surface area contributed by atoms with Gasteiger partial charge in [0.25, 0.3) is 0 Å². The highest BCUT2D eigenvalue weighted by molar-refractivity contribution is 6.30. The fraction of sp³-hybridized carbons (Fsp3) is 0.438. The van der Waals surface area contributed by atoms with Crippen LogP contribution in [-0.2, 0) is 14.4 Å². The first-order valence-corrected chi connectivity index (χ1v) is 8.04. The Morgan fingerprint density at radius 1 is 1.25 bits per heavy atom. The SMILES string of the molecule is NC(=O)CN1CCC(C(=O)NC(C(=O)O)c2ccc(Cl)cc2)CC1. The second-order valence-electron chi connectivity index (χ2n) is 5.85. The minimum Gasteiger partial charge on any atom is -0.479 e. The number of rotatable bonds is 6. The van der Waals surface area contributed by atoms with Gasteiger partial charge in [-0.25, -0.2) is 4.79 Å². The van der Waals surface area contributed by atoms with Crippen molar-refractivity contribution in [2.45, 2.75) is 18.9 Å². The second-order valence-corrected chi connectivity index (χ2v) is 6.28. The van der Waals surface area contributed by atoms with Crippen molar-refractivity contribution in [3.63, 3.8) is 0 Å². The molecule has 2 amide bonds. The number of carbonyl (C=O) groups excluding carboxylic acids is 2. The van der Waals surface area contributed by atoms with Crippen molar-refractivity contribution in [1.29, 1.82) is 0 Å². The molecule has 1 fully saturated rings. The number of benzene rings is 1. The number of carbonyl (C=O) groups is 3. The van der Waals surface area contributed by atoms with E-state index in [1.165, 1.54) is 0 Å². The molecule has 4 N–H and O–H groups in total. The van der Waals surface area contributed by atoms with E-state index >= 15 is 0 Å². The third-order valence-electron chi connectivity index (χ3n) is 4.07. The highest BCUT2D eigenvalue weighted by atomic mass is 35.5. The van der Waals surface area contributed by atoms with E-state index in [1.54, 1.807) is 24.3 Å². The summed E-state index contributed by atoms with van der Waals surface area (Å²) in [5.74, 6) is -2.09. The highest BCUT2D eigenvalue weighted by Gasteiger charge is 2.29. The molecule has 130 valence electrons. The number of nitrogens with zero attached hydrogens (tertiary/aromatic N) is 1. The molecule has 0 saturated carbocycles. The predicted octanol–water partition coefficient (Wildman–Crippen LogP) is 0.779. The van der Waals surface area contributed by atoms with Gasteiger partial charge >= 0.3 is 5.97 Å².